The second kappa shape index (κ2) is 4.97. The molecule has 2 unspecified atom stereocenters. The van der Waals surface area contributed by atoms with Crippen molar-refractivity contribution in [1.82, 2.24) is 4.90 Å². The van der Waals surface area contributed by atoms with Crippen LogP contribution in [0.15, 0.2) is 24.3 Å². The summed E-state index contributed by atoms with van der Waals surface area (Å²) in [6.07, 6.45) is 6.49. The third-order valence-electron chi connectivity index (χ3n) is 3.38. The van der Waals surface area contributed by atoms with Crippen LogP contribution in [-0.2, 0) is 6.42 Å². The van der Waals surface area contributed by atoms with Crippen molar-refractivity contribution < 1.29 is 0 Å². The smallest absolute Gasteiger partial charge is 0.0659 e. The van der Waals surface area contributed by atoms with Gasteiger partial charge in [0.1, 0.15) is 0 Å². The summed E-state index contributed by atoms with van der Waals surface area (Å²) >= 11 is 4.24. The second-order valence-corrected chi connectivity index (χ2v) is 6.83. The Labute approximate surface area is 111 Å². The number of terminal acetylenes is 1. The highest BCUT2D eigenvalue weighted by Crippen LogP contribution is 2.43. The van der Waals surface area contributed by atoms with E-state index in [1.54, 1.807) is 0 Å². The van der Waals surface area contributed by atoms with Crippen molar-refractivity contribution in [1.29, 1.82) is 0 Å². The van der Waals surface area contributed by atoms with Gasteiger partial charge in [-0.05, 0) is 24.1 Å². The molecule has 1 aromatic rings. The SMILES string of the molecule is C#Cc1ccc(CCN2C3CSC2CS3)cc1. The molecule has 2 fully saturated rings. The summed E-state index contributed by atoms with van der Waals surface area (Å²) in [6, 6.07) is 8.40. The van der Waals surface area contributed by atoms with Gasteiger partial charge in [0, 0.05) is 23.6 Å². The lowest BCUT2D eigenvalue weighted by Crippen LogP contribution is -2.30. The van der Waals surface area contributed by atoms with E-state index in [1.165, 1.54) is 23.6 Å². The zero-order valence-corrected chi connectivity index (χ0v) is 11.3. The Hall–Kier alpha value is -0.560. The van der Waals surface area contributed by atoms with E-state index >= 15 is 0 Å². The Morgan fingerprint density at radius 1 is 1.18 bits per heavy atom. The van der Waals surface area contributed by atoms with Gasteiger partial charge in [-0.15, -0.1) is 29.9 Å². The van der Waals surface area contributed by atoms with Crippen LogP contribution in [0.4, 0.5) is 0 Å². The molecule has 3 rings (SSSR count). The highest BCUT2D eigenvalue weighted by Gasteiger charge is 2.40. The molecule has 2 atom stereocenters. The van der Waals surface area contributed by atoms with Crippen LogP contribution in [-0.4, -0.2) is 33.7 Å². The molecule has 2 bridgehead atoms. The predicted molar refractivity (Wildman–Crippen MR) is 77.3 cm³/mol. The lowest BCUT2D eigenvalue weighted by molar-refractivity contribution is 0.301. The quantitative estimate of drug-likeness (QED) is 0.770. The van der Waals surface area contributed by atoms with E-state index in [0.29, 0.717) is 0 Å². The van der Waals surface area contributed by atoms with Gasteiger partial charge in [0.15, 0.2) is 0 Å². The highest BCUT2D eigenvalue weighted by atomic mass is 32.2. The highest BCUT2D eigenvalue weighted by molar-refractivity contribution is 8.07. The molecule has 0 aliphatic carbocycles. The fourth-order valence-corrected chi connectivity index (χ4v) is 5.73. The van der Waals surface area contributed by atoms with Crippen LogP contribution in [0.5, 0.6) is 0 Å². The molecule has 2 saturated heterocycles. The molecule has 0 saturated carbocycles. The lowest BCUT2D eigenvalue weighted by atomic mass is 10.1. The fraction of sp³-hybridized carbons (Fsp3) is 0.429. The molecule has 2 aliphatic heterocycles. The molecule has 17 heavy (non-hydrogen) atoms. The van der Waals surface area contributed by atoms with Crippen LogP contribution in [0.1, 0.15) is 11.1 Å². The number of hydrogen-bond acceptors (Lipinski definition) is 3. The van der Waals surface area contributed by atoms with Crippen molar-refractivity contribution in [2.24, 2.45) is 0 Å². The summed E-state index contributed by atoms with van der Waals surface area (Å²) in [5.41, 5.74) is 2.37. The molecule has 0 spiro atoms. The monoisotopic (exact) mass is 261 g/mol. The summed E-state index contributed by atoms with van der Waals surface area (Å²) in [6.45, 7) is 1.19. The molecule has 0 N–H and O–H groups in total. The van der Waals surface area contributed by atoms with E-state index in [4.69, 9.17) is 6.42 Å². The summed E-state index contributed by atoms with van der Waals surface area (Å²) in [5, 5.41) is 1.55. The molecule has 88 valence electrons. The third-order valence-corrected chi connectivity index (χ3v) is 6.46. The van der Waals surface area contributed by atoms with Gasteiger partial charge in [-0.25, -0.2) is 0 Å². The first-order chi connectivity index (χ1) is 8.36. The average Bonchev–Trinajstić information content (AvgIpc) is 2.96. The van der Waals surface area contributed by atoms with Crippen LogP contribution >= 0.6 is 23.5 Å². The van der Waals surface area contributed by atoms with Gasteiger partial charge in [0.05, 0.1) is 10.7 Å². The molecule has 2 aliphatic rings. The third kappa shape index (κ3) is 2.35. The molecule has 1 nitrogen and oxygen atoms in total. The second-order valence-electron chi connectivity index (χ2n) is 4.41. The van der Waals surface area contributed by atoms with Gasteiger partial charge in [-0.2, -0.15) is 0 Å². The summed E-state index contributed by atoms with van der Waals surface area (Å²) in [5.74, 6) is 5.28. The standard InChI is InChI=1S/C14H15NS2/c1-2-11-3-5-12(6-4-11)7-8-15-13-9-16-14(15)10-17-13/h1,3-6,13-14H,7-10H2. The number of rotatable bonds is 3. The van der Waals surface area contributed by atoms with Crippen LogP contribution in [0.25, 0.3) is 0 Å². The van der Waals surface area contributed by atoms with Crippen molar-refractivity contribution in [3.63, 3.8) is 0 Å². The first-order valence-electron chi connectivity index (χ1n) is 5.91. The van der Waals surface area contributed by atoms with Crippen LogP contribution < -0.4 is 0 Å². The lowest BCUT2D eigenvalue weighted by Gasteiger charge is -2.19. The Morgan fingerprint density at radius 3 is 2.35 bits per heavy atom. The summed E-state index contributed by atoms with van der Waals surface area (Å²) in [4.78, 5) is 2.66. The molecule has 0 aromatic heterocycles. The first kappa shape index (κ1) is 11.5. The van der Waals surface area contributed by atoms with E-state index in [0.717, 1.165) is 22.7 Å². The van der Waals surface area contributed by atoms with E-state index in [-0.39, 0.29) is 0 Å². The van der Waals surface area contributed by atoms with E-state index in [1.807, 2.05) is 12.1 Å². The van der Waals surface area contributed by atoms with Crippen LogP contribution in [0.2, 0.25) is 0 Å². The topological polar surface area (TPSA) is 3.24 Å². The van der Waals surface area contributed by atoms with Crippen LogP contribution in [0, 0.1) is 12.3 Å². The van der Waals surface area contributed by atoms with Crippen molar-refractivity contribution in [2.75, 3.05) is 18.1 Å². The van der Waals surface area contributed by atoms with Crippen molar-refractivity contribution in [2.45, 2.75) is 17.2 Å². The molecule has 0 amide bonds. The molecular weight excluding hydrogens is 246 g/mol. The Morgan fingerprint density at radius 2 is 1.82 bits per heavy atom. The maximum absolute atomic E-state index is 5.35. The molecule has 3 heteroatoms. The number of benzene rings is 1. The van der Waals surface area contributed by atoms with E-state index < -0.39 is 0 Å². The minimum Gasteiger partial charge on any atom is -0.278 e. The molecular formula is C14H15NS2. The van der Waals surface area contributed by atoms with E-state index in [9.17, 15) is 0 Å². The van der Waals surface area contributed by atoms with Gasteiger partial charge in [-0.1, -0.05) is 18.1 Å². The van der Waals surface area contributed by atoms with E-state index in [2.05, 4.69) is 46.5 Å². The summed E-state index contributed by atoms with van der Waals surface area (Å²) < 4.78 is 0. The molecule has 1 aromatic carbocycles. The number of hydrogen-bond donors (Lipinski definition) is 0. The van der Waals surface area contributed by atoms with Gasteiger partial charge < -0.3 is 0 Å². The van der Waals surface area contributed by atoms with Gasteiger partial charge in [-0.3, -0.25) is 4.90 Å². The molecule has 0 radical (unpaired) electrons. The zero-order valence-electron chi connectivity index (χ0n) is 9.63. The van der Waals surface area contributed by atoms with Gasteiger partial charge in [0.25, 0.3) is 0 Å². The number of nitrogens with zero attached hydrogens (tertiary/aromatic N) is 1. The Kier molecular flexibility index (Phi) is 3.37. The van der Waals surface area contributed by atoms with Crippen molar-refractivity contribution in [3.05, 3.63) is 35.4 Å². The van der Waals surface area contributed by atoms with Gasteiger partial charge in [0.2, 0.25) is 0 Å². The minimum absolute atomic E-state index is 0.773. The normalized spacial score (nSPS) is 27.2. The van der Waals surface area contributed by atoms with Crippen molar-refractivity contribution >= 4 is 23.5 Å². The zero-order chi connectivity index (χ0) is 11.7. The summed E-state index contributed by atoms with van der Waals surface area (Å²) in [7, 11) is 0. The maximum atomic E-state index is 5.35. The predicted octanol–water partition coefficient (Wildman–Crippen LogP) is 2.66. The number of fused-ring (bicyclic) bond motifs is 2. The van der Waals surface area contributed by atoms with Crippen LogP contribution in [0.3, 0.4) is 0 Å². The van der Waals surface area contributed by atoms with Gasteiger partial charge >= 0.3 is 0 Å². The Bertz CT molecular complexity index is 415. The van der Waals surface area contributed by atoms with Crippen molar-refractivity contribution in [3.8, 4) is 12.3 Å². The largest absolute Gasteiger partial charge is 0.278 e. The minimum atomic E-state index is 0.773. The average molecular weight is 261 g/mol. The first-order valence-corrected chi connectivity index (χ1v) is 8.01. The Balaban J connectivity index is 1.59. The molecule has 2 heterocycles. The number of thioether (sulfide) groups is 2. The fourth-order valence-electron chi connectivity index (χ4n) is 2.37. The maximum Gasteiger partial charge on any atom is 0.0659 e.